The highest BCUT2D eigenvalue weighted by atomic mass is 16.5. The van der Waals surface area contributed by atoms with Gasteiger partial charge in [0.05, 0.1) is 12.1 Å². The van der Waals surface area contributed by atoms with Crippen LogP contribution in [-0.2, 0) is 11.3 Å². The molecule has 1 aliphatic heterocycles. The summed E-state index contributed by atoms with van der Waals surface area (Å²) in [6.45, 7) is 5.08. The molecule has 0 unspecified atom stereocenters. The van der Waals surface area contributed by atoms with E-state index in [9.17, 15) is 4.79 Å². The van der Waals surface area contributed by atoms with Crippen LogP contribution in [0.4, 0.5) is 5.88 Å². The van der Waals surface area contributed by atoms with Gasteiger partial charge in [0.2, 0.25) is 11.8 Å². The van der Waals surface area contributed by atoms with Crippen molar-refractivity contribution in [3.8, 4) is 11.3 Å². The van der Waals surface area contributed by atoms with Gasteiger partial charge in [-0.25, -0.2) is 0 Å². The molecule has 1 saturated heterocycles. The lowest BCUT2D eigenvalue weighted by Gasteiger charge is -2.28. The molecule has 26 heavy (non-hydrogen) atoms. The maximum atomic E-state index is 12.2. The lowest BCUT2D eigenvalue weighted by Crippen LogP contribution is -2.33. The minimum Gasteiger partial charge on any atom is -0.340 e. The van der Waals surface area contributed by atoms with Gasteiger partial charge in [0, 0.05) is 32.1 Å². The molecule has 2 aliphatic rings. The van der Waals surface area contributed by atoms with Crippen LogP contribution in [0.15, 0.2) is 34.9 Å². The molecule has 0 atom stereocenters. The SMILES string of the molecule is CC(=O)N(Cc1c(-c2ccccc2)noc1N1CCCCC1)CC1CC1. The summed E-state index contributed by atoms with van der Waals surface area (Å²) in [5.41, 5.74) is 2.96. The van der Waals surface area contributed by atoms with Gasteiger partial charge in [0.15, 0.2) is 0 Å². The number of piperidine rings is 1. The second kappa shape index (κ2) is 7.52. The van der Waals surface area contributed by atoms with Gasteiger partial charge in [0.1, 0.15) is 5.69 Å². The third kappa shape index (κ3) is 3.76. The monoisotopic (exact) mass is 353 g/mol. The van der Waals surface area contributed by atoms with Gasteiger partial charge in [-0.1, -0.05) is 35.5 Å². The van der Waals surface area contributed by atoms with Gasteiger partial charge < -0.3 is 14.3 Å². The standard InChI is InChI=1S/C21H27N3O2/c1-16(25)24(14-17-10-11-17)15-19-20(18-8-4-2-5-9-18)22-26-21(19)23-12-6-3-7-13-23/h2,4-5,8-9,17H,3,6-7,10-15H2,1H3. The van der Waals surface area contributed by atoms with Gasteiger partial charge in [-0.3, -0.25) is 4.79 Å². The van der Waals surface area contributed by atoms with Crippen molar-refractivity contribution in [1.29, 1.82) is 0 Å². The topological polar surface area (TPSA) is 49.6 Å². The summed E-state index contributed by atoms with van der Waals surface area (Å²) in [6.07, 6.45) is 6.10. The van der Waals surface area contributed by atoms with Crippen LogP contribution in [0, 0.1) is 5.92 Å². The Balaban J connectivity index is 1.68. The highest BCUT2D eigenvalue weighted by Crippen LogP contribution is 2.35. The average molecular weight is 353 g/mol. The molecule has 138 valence electrons. The normalized spacial score (nSPS) is 17.3. The van der Waals surface area contributed by atoms with Gasteiger partial charge in [-0.15, -0.1) is 0 Å². The summed E-state index contributed by atoms with van der Waals surface area (Å²) in [5.74, 6) is 1.64. The van der Waals surface area contributed by atoms with Crippen molar-refractivity contribution in [2.75, 3.05) is 24.5 Å². The number of carbonyl (C=O) groups is 1. The number of carbonyl (C=O) groups excluding carboxylic acids is 1. The number of amides is 1. The fraction of sp³-hybridized carbons (Fsp3) is 0.524. The van der Waals surface area contributed by atoms with Crippen LogP contribution in [0.3, 0.4) is 0 Å². The average Bonchev–Trinajstić information content (AvgIpc) is 3.40. The minimum atomic E-state index is 0.127. The molecule has 2 heterocycles. The predicted octanol–water partition coefficient (Wildman–Crippen LogP) is 4.09. The number of rotatable bonds is 6. The van der Waals surface area contributed by atoms with E-state index in [-0.39, 0.29) is 5.91 Å². The van der Waals surface area contributed by atoms with E-state index in [1.807, 2.05) is 23.1 Å². The van der Waals surface area contributed by atoms with Crippen molar-refractivity contribution >= 4 is 11.8 Å². The Morgan fingerprint density at radius 1 is 1.19 bits per heavy atom. The highest BCUT2D eigenvalue weighted by molar-refractivity contribution is 5.75. The number of hydrogen-bond acceptors (Lipinski definition) is 4. The fourth-order valence-corrected chi connectivity index (χ4v) is 3.72. The van der Waals surface area contributed by atoms with E-state index in [2.05, 4.69) is 22.2 Å². The summed E-state index contributed by atoms with van der Waals surface area (Å²) < 4.78 is 5.83. The Hall–Kier alpha value is -2.30. The van der Waals surface area contributed by atoms with E-state index < -0.39 is 0 Å². The Morgan fingerprint density at radius 3 is 2.58 bits per heavy atom. The van der Waals surface area contributed by atoms with Crippen molar-refractivity contribution in [1.82, 2.24) is 10.1 Å². The molecule has 0 bridgehead atoms. The first-order valence-electron chi connectivity index (χ1n) is 9.77. The Kier molecular flexibility index (Phi) is 4.96. The fourth-order valence-electron chi connectivity index (χ4n) is 3.72. The first-order valence-corrected chi connectivity index (χ1v) is 9.77. The number of aromatic nitrogens is 1. The first-order chi connectivity index (χ1) is 12.7. The van der Waals surface area contributed by atoms with Crippen molar-refractivity contribution in [3.05, 3.63) is 35.9 Å². The Bertz CT molecular complexity index is 746. The molecule has 5 heteroatoms. The molecule has 2 fully saturated rings. The van der Waals surface area contributed by atoms with Crippen molar-refractivity contribution in [3.63, 3.8) is 0 Å². The second-order valence-electron chi connectivity index (χ2n) is 7.57. The van der Waals surface area contributed by atoms with Gasteiger partial charge in [0.25, 0.3) is 0 Å². The molecule has 1 aromatic heterocycles. The number of nitrogens with zero attached hydrogens (tertiary/aromatic N) is 3. The van der Waals surface area contributed by atoms with E-state index in [1.165, 1.54) is 32.1 Å². The van der Waals surface area contributed by atoms with E-state index in [0.29, 0.717) is 12.5 Å². The molecule has 1 amide bonds. The molecular formula is C21H27N3O2. The number of anilines is 1. The largest absolute Gasteiger partial charge is 0.340 e. The lowest BCUT2D eigenvalue weighted by atomic mass is 10.1. The molecule has 1 saturated carbocycles. The molecular weight excluding hydrogens is 326 g/mol. The van der Waals surface area contributed by atoms with E-state index in [4.69, 9.17) is 4.52 Å². The third-order valence-electron chi connectivity index (χ3n) is 5.43. The maximum absolute atomic E-state index is 12.2. The van der Waals surface area contributed by atoms with Crippen LogP contribution in [0.2, 0.25) is 0 Å². The zero-order chi connectivity index (χ0) is 17.9. The van der Waals surface area contributed by atoms with Crippen LogP contribution in [0.1, 0.15) is 44.6 Å². The minimum absolute atomic E-state index is 0.127. The van der Waals surface area contributed by atoms with E-state index in [0.717, 1.165) is 42.3 Å². The van der Waals surface area contributed by atoms with Gasteiger partial charge in [-0.05, 0) is 38.0 Å². The van der Waals surface area contributed by atoms with Gasteiger partial charge in [-0.2, -0.15) is 0 Å². The lowest BCUT2D eigenvalue weighted by molar-refractivity contribution is -0.129. The van der Waals surface area contributed by atoms with Crippen LogP contribution in [0.5, 0.6) is 0 Å². The van der Waals surface area contributed by atoms with Crippen molar-refractivity contribution in [2.24, 2.45) is 5.92 Å². The summed E-state index contributed by atoms with van der Waals surface area (Å²) in [6, 6.07) is 10.1. The molecule has 1 aliphatic carbocycles. The molecule has 4 rings (SSSR count). The maximum Gasteiger partial charge on any atom is 0.232 e. The van der Waals surface area contributed by atoms with Gasteiger partial charge >= 0.3 is 0 Å². The van der Waals surface area contributed by atoms with Crippen molar-refractivity contribution < 1.29 is 9.32 Å². The summed E-state index contributed by atoms with van der Waals surface area (Å²) >= 11 is 0. The Labute approximate surface area is 155 Å². The molecule has 1 aromatic carbocycles. The molecule has 0 N–H and O–H groups in total. The zero-order valence-corrected chi connectivity index (χ0v) is 15.5. The second-order valence-corrected chi connectivity index (χ2v) is 7.57. The van der Waals surface area contributed by atoms with Crippen LogP contribution < -0.4 is 4.90 Å². The smallest absolute Gasteiger partial charge is 0.232 e. The number of hydrogen-bond donors (Lipinski definition) is 0. The van der Waals surface area contributed by atoms with E-state index >= 15 is 0 Å². The Morgan fingerprint density at radius 2 is 1.92 bits per heavy atom. The van der Waals surface area contributed by atoms with Crippen molar-refractivity contribution in [2.45, 2.75) is 45.6 Å². The van der Waals surface area contributed by atoms with Crippen LogP contribution in [-0.4, -0.2) is 35.6 Å². The number of benzene rings is 1. The molecule has 2 aromatic rings. The van der Waals surface area contributed by atoms with E-state index in [1.54, 1.807) is 6.92 Å². The van der Waals surface area contributed by atoms with Crippen LogP contribution in [0.25, 0.3) is 11.3 Å². The highest BCUT2D eigenvalue weighted by Gasteiger charge is 2.29. The molecule has 0 spiro atoms. The molecule has 5 nitrogen and oxygen atoms in total. The first kappa shape index (κ1) is 17.1. The zero-order valence-electron chi connectivity index (χ0n) is 15.5. The molecule has 0 radical (unpaired) electrons. The predicted molar refractivity (Wildman–Crippen MR) is 102 cm³/mol. The summed E-state index contributed by atoms with van der Waals surface area (Å²) in [5, 5.41) is 4.41. The summed E-state index contributed by atoms with van der Waals surface area (Å²) in [4.78, 5) is 16.5. The summed E-state index contributed by atoms with van der Waals surface area (Å²) in [7, 11) is 0. The quantitative estimate of drug-likeness (QED) is 0.785. The van der Waals surface area contributed by atoms with Crippen LogP contribution >= 0.6 is 0 Å². The third-order valence-corrected chi connectivity index (χ3v) is 5.43.